The third kappa shape index (κ3) is 7.11. The predicted octanol–water partition coefficient (Wildman–Crippen LogP) is 1.54. The van der Waals surface area contributed by atoms with Gasteiger partial charge >= 0.3 is 12.0 Å². The monoisotopic (exact) mass is 248 g/mol. The number of hydrogen-bond donors (Lipinski definition) is 3. The first-order chi connectivity index (χ1) is 7.32. The normalized spacial score (nSPS) is 12.0. The van der Waals surface area contributed by atoms with Gasteiger partial charge in [-0.05, 0) is 12.3 Å². The van der Waals surface area contributed by atoms with E-state index in [1.807, 2.05) is 13.8 Å². The van der Waals surface area contributed by atoms with E-state index >= 15 is 0 Å². The maximum absolute atomic E-state index is 11.3. The van der Waals surface area contributed by atoms with Crippen LogP contribution in [0, 0.1) is 5.92 Å². The molecule has 0 aliphatic rings. The summed E-state index contributed by atoms with van der Waals surface area (Å²) in [5.74, 6) is -0.863. The molecule has 0 spiro atoms. The molecule has 3 N–H and O–H groups in total. The van der Waals surface area contributed by atoms with Gasteiger partial charge in [-0.2, -0.15) is 0 Å². The van der Waals surface area contributed by atoms with E-state index in [4.69, 9.17) is 16.7 Å². The van der Waals surface area contributed by atoms with Crippen LogP contribution in [0.1, 0.15) is 20.3 Å². The summed E-state index contributed by atoms with van der Waals surface area (Å²) in [6, 6.07) is -1.45. The molecule has 0 bridgehead atoms. The smallest absolute Gasteiger partial charge is 0.326 e. The van der Waals surface area contributed by atoms with Crippen LogP contribution in [0.2, 0.25) is 0 Å². The Labute approximate surface area is 99.9 Å². The van der Waals surface area contributed by atoms with E-state index in [2.05, 4.69) is 17.2 Å². The number of rotatable bonds is 6. The Hall–Kier alpha value is -1.23. The topological polar surface area (TPSA) is 78.4 Å². The first kappa shape index (κ1) is 14.8. The Kier molecular flexibility index (Phi) is 6.56. The lowest BCUT2D eigenvalue weighted by atomic mass is 10.0. The number of nitrogens with one attached hydrogen (secondary N) is 2. The standard InChI is InChI=1S/C10H17ClN2O3/c1-6(2)4-8(9(14)15)13-10(16)12-5-7(3)11/h6,8H,3-5H2,1-2H3,(H,14,15)(H2,12,13,16). The van der Waals surface area contributed by atoms with Gasteiger partial charge in [0.25, 0.3) is 0 Å². The number of carbonyl (C=O) groups excluding carboxylic acids is 1. The highest BCUT2D eigenvalue weighted by molar-refractivity contribution is 6.29. The second kappa shape index (κ2) is 7.11. The van der Waals surface area contributed by atoms with Crippen molar-refractivity contribution < 1.29 is 14.7 Å². The average molecular weight is 249 g/mol. The molecule has 2 amide bonds. The van der Waals surface area contributed by atoms with Gasteiger partial charge in [-0.15, -0.1) is 0 Å². The van der Waals surface area contributed by atoms with E-state index in [1.54, 1.807) is 0 Å². The lowest BCUT2D eigenvalue weighted by Crippen LogP contribution is -2.46. The predicted molar refractivity (Wildman–Crippen MR) is 62.4 cm³/mol. The Bertz CT molecular complexity index is 279. The summed E-state index contributed by atoms with van der Waals surface area (Å²) in [4.78, 5) is 22.1. The molecule has 92 valence electrons. The maximum Gasteiger partial charge on any atom is 0.326 e. The zero-order chi connectivity index (χ0) is 12.7. The number of carbonyl (C=O) groups is 2. The van der Waals surface area contributed by atoms with Crippen molar-refractivity contribution in [1.29, 1.82) is 0 Å². The van der Waals surface area contributed by atoms with Crippen LogP contribution in [0.25, 0.3) is 0 Å². The minimum Gasteiger partial charge on any atom is -0.480 e. The van der Waals surface area contributed by atoms with Crippen molar-refractivity contribution >= 4 is 23.6 Å². The first-order valence-corrected chi connectivity index (χ1v) is 5.31. The Morgan fingerprint density at radius 3 is 2.38 bits per heavy atom. The van der Waals surface area contributed by atoms with Crippen molar-refractivity contribution in [2.75, 3.05) is 6.54 Å². The number of urea groups is 1. The first-order valence-electron chi connectivity index (χ1n) is 4.93. The number of aliphatic carboxylic acids is 1. The van der Waals surface area contributed by atoms with Gasteiger partial charge in [0.15, 0.2) is 0 Å². The number of amides is 2. The molecule has 0 radical (unpaired) electrons. The molecule has 6 heteroatoms. The summed E-state index contributed by atoms with van der Waals surface area (Å²) in [5, 5.41) is 13.9. The van der Waals surface area contributed by atoms with Crippen LogP contribution in [0.5, 0.6) is 0 Å². The van der Waals surface area contributed by atoms with Crippen molar-refractivity contribution in [3.05, 3.63) is 11.6 Å². The van der Waals surface area contributed by atoms with Crippen molar-refractivity contribution in [3.8, 4) is 0 Å². The molecule has 0 aromatic rings. The molecular weight excluding hydrogens is 232 g/mol. The Morgan fingerprint density at radius 1 is 1.44 bits per heavy atom. The molecule has 0 aromatic carbocycles. The van der Waals surface area contributed by atoms with Crippen LogP contribution in [-0.2, 0) is 4.79 Å². The SMILES string of the molecule is C=C(Cl)CNC(=O)NC(CC(C)C)C(=O)O. The average Bonchev–Trinajstić information content (AvgIpc) is 2.12. The molecule has 0 aliphatic heterocycles. The van der Waals surface area contributed by atoms with Crippen LogP contribution in [0.3, 0.4) is 0 Å². The van der Waals surface area contributed by atoms with Gasteiger partial charge in [-0.1, -0.05) is 32.0 Å². The minimum atomic E-state index is -1.05. The third-order valence-corrected chi connectivity index (χ3v) is 1.88. The molecule has 5 nitrogen and oxygen atoms in total. The van der Waals surface area contributed by atoms with Gasteiger partial charge in [-0.25, -0.2) is 9.59 Å². The number of halogens is 1. The third-order valence-electron chi connectivity index (χ3n) is 1.75. The van der Waals surface area contributed by atoms with E-state index in [9.17, 15) is 9.59 Å². The van der Waals surface area contributed by atoms with Gasteiger partial charge < -0.3 is 15.7 Å². The van der Waals surface area contributed by atoms with E-state index < -0.39 is 18.0 Å². The highest BCUT2D eigenvalue weighted by atomic mass is 35.5. The van der Waals surface area contributed by atoms with Crippen molar-refractivity contribution in [2.45, 2.75) is 26.3 Å². The van der Waals surface area contributed by atoms with Crippen LogP contribution in [0.15, 0.2) is 11.6 Å². The molecule has 0 aliphatic carbocycles. The fourth-order valence-electron chi connectivity index (χ4n) is 1.08. The summed E-state index contributed by atoms with van der Waals surface area (Å²) in [6.45, 7) is 7.28. The van der Waals surface area contributed by atoms with Crippen molar-refractivity contribution in [2.24, 2.45) is 5.92 Å². The summed E-state index contributed by atoms with van der Waals surface area (Å²) in [6.07, 6.45) is 0.380. The second-order valence-electron chi connectivity index (χ2n) is 3.86. The van der Waals surface area contributed by atoms with Gasteiger partial charge in [-0.3, -0.25) is 0 Å². The van der Waals surface area contributed by atoms with Crippen molar-refractivity contribution in [3.63, 3.8) is 0 Å². The van der Waals surface area contributed by atoms with Gasteiger partial charge in [0.05, 0.1) is 6.54 Å². The fourth-order valence-corrected chi connectivity index (χ4v) is 1.15. The summed E-state index contributed by atoms with van der Waals surface area (Å²) in [7, 11) is 0. The summed E-state index contributed by atoms with van der Waals surface area (Å²) < 4.78 is 0. The van der Waals surface area contributed by atoms with Gasteiger partial charge in [0.1, 0.15) is 6.04 Å². The highest BCUT2D eigenvalue weighted by Gasteiger charge is 2.20. The molecule has 0 heterocycles. The van der Waals surface area contributed by atoms with E-state index in [0.29, 0.717) is 6.42 Å². The minimum absolute atomic E-state index is 0.113. The molecule has 1 atom stereocenters. The quantitative estimate of drug-likeness (QED) is 0.667. The van der Waals surface area contributed by atoms with Crippen LogP contribution < -0.4 is 10.6 Å². The molecule has 16 heavy (non-hydrogen) atoms. The van der Waals surface area contributed by atoms with Crippen LogP contribution in [0.4, 0.5) is 4.79 Å². The van der Waals surface area contributed by atoms with Crippen LogP contribution in [-0.4, -0.2) is 29.7 Å². The molecule has 0 saturated heterocycles. The molecule has 0 rings (SSSR count). The number of hydrogen-bond acceptors (Lipinski definition) is 2. The van der Waals surface area contributed by atoms with Crippen LogP contribution >= 0.6 is 11.6 Å². The second-order valence-corrected chi connectivity index (χ2v) is 4.40. The Balaban J connectivity index is 4.13. The zero-order valence-corrected chi connectivity index (χ0v) is 10.2. The lowest BCUT2D eigenvalue weighted by molar-refractivity contribution is -0.139. The maximum atomic E-state index is 11.3. The largest absolute Gasteiger partial charge is 0.480 e. The summed E-state index contributed by atoms with van der Waals surface area (Å²) >= 11 is 5.45. The lowest BCUT2D eigenvalue weighted by Gasteiger charge is -2.16. The molecule has 1 unspecified atom stereocenters. The number of carboxylic acid groups (broad SMARTS) is 1. The summed E-state index contributed by atoms with van der Waals surface area (Å²) in [5.41, 5.74) is 0. The van der Waals surface area contributed by atoms with Gasteiger partial charge in [0.2, 0.25) is 0 Å². The molecule has 0 aromatic heterocycles. The molecular formula is C10H17ClN2O3. The van der Waals surface area contributed by atoms with E-state index in [0.717, 1.165) is 0 Å². The number of carboxylic acids is 1. The van der Waals surface area contributed by atoms with Crippen molar-refractivity contribution in [1.82, 2.24) is 10.6 Å². The van der Waals surface area contributed by atoms with E-state index in [1.165, 1.54) is 0 Å². The highest BCUT2D eigenvalue weighted by Crippen LogP contribution is 2.04. The zero-order valence-electron chi connectivity index (χ0n) is 9.42. The molecule has 0 fully saturated rings. The fraction of sp³-hybridized carbons (Fsp3) is 0.600. The van der Waals surface area contributed by atoms with E-state index in [-0.39, 0.29) is 17.5 Å². The molecule has 0 saturated carbocycles. The van der Waals surface area contributed by atoms with Gasteiger partial charge in [0, 0.05) is 5.03 Å². The Morgan fingerprint density at radius 2 is 2.00 bits per heavy atom.